The molecule has 0 radical (unpaired) electrons. The second kappa shape index (κ2) is 10.3. The summed E-state index contributed by atoms with van der Waals surface area (Å²) in [4.78, 5) is 12.6. The Bertz CT molecular complexity index is 802. The Labute approximate surface area is 166 Å². The second-order valence-corrected chi connectivity index (χ2v) is 6.10. The molecule has 0 fully saturated rings. The molecule has 1 amide bonds. The van der Waals surface area contributed by atoms with Crippen molar-refractivity contribution in [3.8, 4) is 17.2 Å². The lowest BCUT2D eigenvalue weighted by Crippen LogP contribution is -2.20. The third-order valence-corrected chi connectivity index (χ3v) is 3.97. The summed E-state index contributed by atoms with van der Waals surface area (Å²) in [6.45, 7) is 10.9. The summed E-state index contributed by atoms with van der Waals surface area (Å²) in [7, 11) is 0. The van der Waals surface area contributed by atoms with E-state index in [0.29, 0.717) is 48.3 Å². The average molecular weight is 384 g/mol. The van der Waals surface area contributed by atoms with Crippen molar-refractivity contribution in [2.45, 2.75) is 34.6 Å². The lowest BCUT2D eigenvalue weighted by molar-refractivity contribution is 0.0953. The number of carbonyl (C=O) groups excluding carboxylic acids is 1. The van der Waals surface area contributed by atoms with Crippen molar-refractivity contribution in [3.63, 3.8) is 0 Å². The van der Waals surface area contributed by atoms with Crippen molar-refractivity contribution in [1.82, 2.24) is 5.43 Å². The van der Waals surface area contributed by atoms with Gasteiger partial charge in [-0.2, -0.15) is 5.10 Å². The number of benzene rings is 2. The maximum Gasteiger partial charge on any atom is 0.271 e. The Morgan fingerprint density at radius 1 is 0.893 bits per heavy atom. The van der Waals surface area contributed by atoms with Gasteiger partial charge in [-0.1, -0.05) is 29.8 Å². The molecule has 2 aromatic rings. The van der Waals surface area contributed by atoms with E-state index >= 15 is 0 Å². The van der Waals surface area contributed by atoms with Crippen LogP contribution in [0.4, 0.5) is 0 Å². The molecule has 0 saturated carbocycles. The molecule has 0 aliphatic heterocycles. The first-order chi connectivity index (χ1) is 13.5. The Morgan fingerprint density at radius 3 is 1.93 bits per heavy atom. The van der Waals surface area contributed by atoms with Gasteiger partial charge in [-0.3, -0.25) is 4.79 Å². The third-order valence-electron chi connectivity index (χ3n) is 3.97. The second-order valence-electron chi connectivity index (χ2n) is 6.10. The fraction of sp³-hybridized carbons (Fsp3) is 0.364. The van der Waals surface area contributed by atoms with Crippen molar-refractivity contribution in [2.24, 2.45) is 5.10 Å². The van der Waals surface area contributed by atoms with E-state index in [1.165, 1.54) is 5.56 Å². The lowest BCUT2D eigenvalue weighted by Gasteiger charge is -2.16. The number of hydrazone groups is 1. The molecule has 0 heterocycles. The van der Waals surface area contributed by atoms with Crippen LogP contribution in [0.1, 0.15) is 49.2 Å². The first-order valence-electron chi connectivity index (χ1n) is 9.48. The van der Waals surface area contributed by atoms with Crippen LogP contribution in [-0.4, -0.2) is 31.4 Å². The average Bonchev–Trinajstić information content (AvgIpc) is 2.69. The minimum Gasteiger partial charge on any atom is -0.490 e. The van der Waals surface area contributed by atoms with Gasteiger partial charge in [0.05, 0.1) is 25.5 Å². The van der Waals surface area contributed by atoms with Crippen LogP contribution in [0.3, 0.4) is 0 Å². The van der Waals surface area contributed by atoms with Crippen LogP contribution in [0.15, 0.2) is 41.5 Å². The lowest BCUT2D eigenvalue weighted by atomic mass is 10.1. The highest BCUT2D eigenvalue weighted by Crippen LogP contribution is 2.39. The highest BCUT2D eigenvalue weighted by atomic mass is 16.5. The van der Waals surface area contributed by atoms with Gasteiger partial charge in [0.25, 0.3) is 5.91 Å². The van der Waals surface area contributed by atoms with E-state index in [-0.39, 0.29) is 5.91 Å². The Hall–Kier alpha value is -3.02. The molecule has 6 nitrogen and oxygen atoms in total. The summed E-state index contributed by atoms with van der Waals surface area (Å²) < 4.78 is 17.0. The summed E-state index contributed by atoms with van der Waals surface area (Å²) in [6, 6.07) is 11.2. The molecule has 0 spiro atoms. The molecule has 0 aliphatic rings. The molecule has 0 aliphatic carbocycles. The summed E-state index contributed by atoms with van der Waals surface area (Å²) in [6.07, 6.45) is 0. The highest BCUT2D eigenvalue weighted by molar-refractivity contribution is 6.01. The van der Waals surface area contributed by atoms with Crippen LogP contribution >= 0.6 is 0 Å². The predicted molar refractivity (Wildman–Crippen MR) is 111 cm³/mol. The van der Waals surface area contributed by atoms with Crippen LogP contribution in [-0.2, 0) is 0 Å². The molecule has 2 aromatic carbocycles. The highest BCUT2D eigenvalue weighted by Gasteiger charge is 2.18. The molecule has 6 heteroatoms. The van der Waals surface area contributed by atoms with Crippen molar-refractivity contribution in [3.05, 3.63) is 53.1 Å². The standard InChI is InChI=1S/C22H28N2O4/c1-6-26-19-13-18(14-20(27-7-2)21(19)28-8-3)22(25)24-23-16(5)17-11-9-15(4)10-12-17/h9-14H,6-8H2,1-5H3,(H,24,25). The van der Waals surface area contributed by atoms with Crippen LogP contribution in [0, 0.1) is 6.92 Å². The minimum absolute atomic E-state index is 0.351. The van der Waals surface area contributed by atoms with Gasteiger partial charge in [0.15, 0.2) is 11.5 Å². The van der Waals surface area contributed by atoms with E-state index in [9.17, 15) is 4.79 Å². The molecule has 150 valence electrons. The molecule has 0 bridgehead atoms. The van der Waals surface area contributed by atoms with Crippen molar-refractivity contribution in [1.29, 1.82) is 0 Å². The predicted octanol–water partition coefficient (Wildman–Crippen LogP) is 4.35. The largest absolute Gasteiger partial charge is 0.490 e. The summed E-state index contributed by atoms with van der Waals surface area (Å²) >= 11 is 0. The molecule has 0 saturated heterocycles. The van der Waals surface area contributed by atoms with E-state index in [4.69, 9.17) is 14.2 Å². The quantitative estimate of drug-likeness (QED) is 0.516. The van der Waals surface area contributed by atoms with E-state index in [1.807, 2.05) is 58.9 Å². The smallest absolute Gasteiger partial charge is 0.271 e. The first-order valence-corrected chi connectivity index (χ1v) is 9.48. The summed E-state index contributed by atoms with van der Waals surface area (Å²) in [5, 5.41) is 4.21. The molecule has 28 heavy (non-hydrogen) atoms. The Balaban J connectivity index is 2.28. The molecule has 0 atom stereocenters. The maximum absolute atomic E-state index is 12.6. The zero-order chi connectivity index (χ0) is 20.5. The van der Waals surface area contributed by atoms with Gasteiger partial charge in [-0.05, 0) is 52.3 Å². The monoisotopic (exact) mass is 384 g/mol. The van der Waals surface area contributed by atoms with Crippen LogP contribution in [0.2, 0.25) is 0 Å². The van der Waals surface area contributed by atoms with E-state index in [1.54, 1.807) is 12.1 Å². The maximum atomic E-state index is 12.6. The summed E-state index contributed by atoms with van der Waals surface area (Å²) in [5.74, 6) is 1.10. The number of aryl methyl sites for hydroxylation is 1. The molecule has 0 aromatic heterocycles. The molecular weight excluding hydrogens is 356 g/mol. The first kappa shape index (κ1) is 21.3. The number of nitrogens with zero attached hydrogens (tertiary/aromatic N) is 1. The van der Waals surface area contributed by atoms with Gasteiger partial charge >= 0.3 is 0 Å². The minimum atomic E-state index is -0.351. The number of nitrogens with one attached hydrogen (secondary N) is 1. The van der Waals surface area contributed by atoms with Gasteiger partial charge < -0.3 is 14.2 Å². The molecule has 2 rings (SSSR count). The molecule has 1 N–H and O–H groups in total. The Kier molecular flexibility index (Phi) is 7.87. The van der Waals surface area contributed by atoms with E-state index in [0.717, 1.165) is 5.56 Å². The number of ether oxygens (including phenoxy) is 3. The fourth-order valence-electron chi connectivity index (χ4n) is 2.58. The topological polar surface area (TPSA) is 69.2 Å². The van der Waals surface area contributed by atoms with Crippen molar-refractivity contribution in [2.75, 3.05) is 19.8 Å². The zero-order valence-corrected chi connectivity index (χ0v) is 17.2. The van der Waals surface area contributed by atoms with Crippen molar-refractivity contribution >= 4 is 11.6 Å². The van der Waals surface area contributed by atoms with E-state index in [2.05, 4.69) is 10.5 Å². The third kappa shape index (κ3) is 5.49. The molecule has 0 unspecified atom stereocenters. The molecular formula is C22H28N2O4. The van der Waals surface area contributed by atoms with Gasteiger partial charge in [0.1, 0.15) is 0 Å². The number of amides is 1. The summed E-state index contributed by atoms with van der Waals surface area (Å²) in [5.41, 5.74) is 5.82. The van der Waals surface area contributed by atoms with Crippen molar-refractivity contribution < 1.29 is 19.0 Å². The number of hydrogen-bond acceptors (Lipinski definition) is 5. The Morgan fingerprint density at radius 2 is 1.43 bits per heavy atom. The van der Waals surface area contributed by atoms with Gasteiger partial charge in [0.2, 0.25) is 5.75 Å². The van der Waals surface area contributed by atoms with Gasteiger partial charge in [-0.25, -0.2) is 5.43 Å². The number of carbonyl (C=O) groups is 1. The van der Waals surface area contributed by atoms with Crippen LogP contribution in [0.25, 0.3) is 0 Å². The van der Waals surface area contributed by atoms with Crippen LogP contribution < -0.4 is 19.6 Å². The van der Waals surface area contributed by atoms with E-state index < -0.39 is 0 Å². The van der Waals surface area contributed by atoms with Gasteiger partial charge in [-0.15, -0.1) is 0 Å². The number of hydrogen-bond donors (Lipinski definition) is 1. The van der Waals surface area contributed by atoms with Crippen LogP contribution in [0.5, 0.6) is 17.2 Å². The van der Waals surface area contributed by atoms with Gasteiger partial charge in [0, 0.05) is 5.56 Å². The zero-order valence-electron chi connectivity index (χ0n) is 17.2. The SMILES string of the molecule is CCOc1cc(C(=O)NN=C(C)c2ccc(C)cc2)cc(OCC)c1OCC. The normalized spacial score (nSPS) is 11.1. The number of rotatable bonds is 9. The fourth-order valence-corrected chi connectivity index (χ4v) is 2.58.